The molecule has 1 N–H and O–H groups in total. The summed E-state index contributed by atoms with van der Waals surface area (Å²) in [6.07, 6.45) is 1.68. The molecule has 0 aliphatic heterocycles. The lowest BCUT2D eigenvalue weighted by Crippen LogP contribution is -1.98. The molecule has 0 unspecified atom stereocenters. The second kappa shape index (κ2) is 7.05. The van der Waals surface area contributed by atoms with Crippen molar-refractivity contribution in [1.29, 1.82) is 0 Å². The van der Waals surface area contributed by atoms with Crippen molar-refractivity contribution in [2.75, 3.05) is 0 Å². The number of hydrogen-bond acceptors (Lipinski definition) is 5. The fourth-order valence-corrected chi connectivity index (χ4v) is 4.48. The van der Waals surface area contributed by atoms with Gasteiger partial charge < -0.3 is 18.7 Å². The average Bonchev–Trinajstić information content (AvgIpc) is 3.40. The molecule has 7 aromatic rings. The SMILES string of the molecule is O=c1cccc2c1c1[nH]c(Oc3ccc4oc5ncccc5c4n3)ccc1n2-c1ccccc1. The van der Waals surface area contributed by atoms with Crippen molar-refractivity contribution in [1.82, 2.24) is 19.5 Å². The van der Waals surface area contributed by atoms with E-state index in [9.17, 15) is 4.79 Å². The maximum Gasteiger partial charge on any atom is 0.228 e. The number of nitrogens with zero attached hydrogens (tertiary/aromatic N) is 3. The molecule has 0 amide bonds. The van der Waals surface area contributed by atoms with Crippen LogP contribution >= 0.6 is 0 Å². The molecular formula is C27H16N4O3. The number of fused-ring (bicyclic) bond motifs is 6. The smallest absolute Gasteiger partial charge is 0.228 e. The van der Waals surface area contributed by atoms with Crippen molar-refractivity contribution in [2.45, 2.75) is 0 Å². The zero-order valence-electron chi connectivity index (χ0n) is 17.7. The van der Waals surface area contributed by atoms with Gasteiger partial charge in [0.05, 0.1) is 27.3 Å². The van der Waals surface area contributed by atoms with Crippen LogP contribution in [0.25, 0.3) is 49.8 Å². The summed E-state index contributed by atoms with van der Waals surface area (Å²) in [6, 6.07) is 26.4. The van der Waals surface area contributed by atoms with Crippen molar-refractivity contribution in [3.63, 3.8) is 0 Å². The standard InChI is InChI=1S/C27H16N4O3/c32-20-10-4-9-18-24(20)26-19(31(18)16-6-2-1-3-7-16)11-13-22(30-26)34-23-14-12-21-25(29-23)17-8-5-15-28-27(17)33-21/h1-15,30H. The highest BCUT2D eigenvalue weighted by Gasteiger charge is 2.16. The number of aromatic nitrogens is 4. The average molecular weight is 444 g/mol. The molecule has 0 saturated carbocycles. The summed E-state index contributed by atoms with van der Waals surface area (Å²) in [5, 5.41) is 1.44. The van der Waals surface area contributed by atoms with Crippen molar-refractivity contribution in [3.05, 3.63) is 101 Å². The van der Waals surface area contributed by atoms with Gasteiger partial charge in [0.15, 0.2) is 16.9 Å². The van der Waals surface area contributed by atoms with E-state index >= 15 is 0 Å². The Balaban J connectivity index is 1.39. The minimum absolute atomic E-state index is 0.0532. The van der Waals surface area contributed by atoms with E-state index < -0.39 is 0 Å². The summed E-state index contributed by atoms with van der Waals surface area (Å²) >= 11 is 0. The molecule has 34 heavy (non-hydrogen) atoms. The second-order valence-electron chi connectivity index (χ2n) is 7.96. The van der Waals surface area contributed by atoms with Gasteiger partial charge in [-0.25, -0.2) is 9.97 Å². The molecule has 7 nitrogen and oxygen atoms in total. The topological polar surface area (TPSA) is 85.9 Å². The van der Waals surface area contributed by atoms with Crippen LogP contribution in [0.1, 0.15) is 0 Å². The number of pyridine rings is 3. The summed E-state index contributed by atoms with van der Waals surface area (Å²) in [6.45, 7) is 0. The van der Waals surface area contributed by atoms with E-state index in [0.29, 0.717) is 39.5 Å². The number of benzene rings is 2. The van der Waals surface area contributed by atoms with Gasteiger partial charge in [0.1, 0.15) is 5.52 Å². The van der Waals surface area contributed by atoms with Crippen LogP contribution < -0.4 is 10.2 Å². The molecule has 7 heteroatoms. The Labute approximate surface area is 191 Å². The number of furan rings is 1. The molecule has 0 atom stereocenters. The summed E-state index contributed by atoms with van der Waals surface area (Å²) in [5.74, 6) is 0.879. The summed E-state index contributed by atoms with van der Waals surface area (Å²) in [4.78, 5) is 25.0. The Morgan fingerprint density at radius 1 is 0.853 bits per heavy atom. The monoisotopic (exact) mass is 444 g/mol. The highest BCUT2D eigenvalue weighted by Crippen LogP contribution is 2.32. The Hall–Kier alpha value is -4.91. The number of hydrogen-bond donors (Lipinski definition) is 1. The first-order valence-electron chi connectivity index (χ1n) is 10.8. The molecule has 0 spiro atoms. The quantitative estimate of drug-likeness (QED) is 0.364. The van der Waals surface area contributed by atoms with E-state index in [2.05, 4.69) is 19.5 Å². The number of rotatable bonds is 3. The van der Waals surface area contributed by atoms with Crippen molar-refractivity contribution in [2.24, 2.45) is 0 Å². The fourth-order valence-electron chi connectivity index (χ4n) is 4.48. The van der Waals surface area contributed by atoms with Crippen LogP contribution in [0.3, 0.4) is 0 Å². The normalized spacial score (nSPS) is 11.6. The van der Waals surface area contributed by atoms with E-state index in [4.69, 9.17) is 9.15 Å². The fraction of sp³-hybridized carbons (Fsp3) is 0. The van der Waals surface area contributed by atoms with Crippen molar-refractivity contribution >= 4 is 44.1 Å². The Morgan fingerprint density at radius 3 is 2.68 bits per heavy atom. The Bertz CT molecular complexity index is 1920. The first kappa shape index (κ1) is 18.6. The molecule has 0 aliphatic carbocycles. The third-order valence-electron chi connectivity index (χ3n) is 5.93. The third kappa shape index (κ3) is 2.74. The van der Waals surface area contributed by atoms with Crippen LogP contribution in [0, 0.1) is 0 Å². The number of aromatic amines is 1. The highest BCUT2D eigenvalue weighted by molar-refractivity contribution is 6.07. The van der Waals surface area contributed by atoms with E-state index in [0.717, 1.165) is 22.1 Å². The summed E-state index contributed by atoms with van der Waals surface area (Å²) in [7, 11) is 0. The first-order chi connectivity index (χ1) is 16.8. The van der Waals surface area contributed by atoms with Crippen LogP contribution in [0.4, 0.5) is 0 Å². The minimum Gasteiger partial charge on any atom is -0.436 e. The van der Waals surface area contributed by atoms with E-state index in [1.807, 2.05) is 66.7 Å². The van der Waals surface area contributed by atoms with Crippen LogP contribution in [0.15, 0.2) is 100 Å². The number of ether oxygens (including phenoxy) is 1. The maximum absolute atomic E-state index is 12.8. The van der Waals surface area contributed by atoms with E-state index in [1.165, 1.54) is 0 Å². The maximum atomic E-state index is 12.8. The van der Waals surface area contributed by atoms with Crippen LogP contribution in [-0.2, 0) is 0 Å². The Kier molecular flexibility index (Phi) is 3.86. The lowest BCUT2D eigenvalue weighted by atomic mass is 10.2. The molecule has 162 valence electrons. The van der Waals surface area contributed by atoms with Crippen LogP contribution in [-0.4, -0.2) is 19.5 Å². The van der Waals surface area contributed by atoms with Gasteiger partial charge in [0, 0.05) is 24.0 Å². The molecule has 2 aromatic carbocycles. The zero-order valence-corrected chi connectivity index (χ0v) is 17.7. The number of para-hydroxylation sites is 1. The van der Waals surface area contributed by atoms with E-state index in [-0.39, 0.29) is 5.43 Å². The largest absolute Gasteiger partial charge is 0.436 e. The van der Waals surface area contributed by atoms with Crippen molar-refractivity contribution in [3.8, 4) is 17.4 Å². The lowest BCUT2D eigenvalue weighted by molar-refractivity contribution is 0.448. The van der Waals surface area contributed by atoms with Crippen molar-refractivity contribution < 1.29 is 9.15 Å². The molecular weight excluding hydrogens is 428 g/mol. The van der Waals surface area contributed by atoms with Gasteiger partial charge >= 0.3 is 0 Å². The van der Waals surface area contributed by atoms with Gasteiger partial charge in [0.25, 0.3) is 0 Å². The second-order valence-corrected chi connectivity index (χ2v) is 7.96. The number of nitrogens with one attached hydrogen (secondary N) is 1. The molecule has 0 aliphatic rings. The number of H-pyrrole nitrogens is 1. The predicted molar refractivity (Wildman–Crippen MR) is 131 cm³/mol. The Morgan fingerprint density at radius 2 is 1.76 bits per heavy atom. The van der Waals surface area contributed by atoms with Gasteiger partial charge in [-0.3, -0.25) is 4.79 Å². The van der Waals surface area contributed by atoms with Crippen LogP contribution in [0.5, 0.6) is 11.8 Å². The van der Waals surface area contributed by atoms with Gasteiger partial charge in [-0.1, -0.05) is 24.3 Å². The molecule has 5 heterocycles. The van der Waals surface area contributed by atoms with Gasteiger partial charge in [-0.2, -0.15) is 0 Å². The van der Waals surface area contributed by atoms with Gasteiger partial charge in [0.2, 0.25) is 11.6 Å². The molecule has 5 aromatic heterocycles. The highest BCUT2D eigenvalue weighted by atomic mass is 16.5. The third-order valence-corrected chi connectivity index (χ3v) is 5.93. The summed E-state index contributed by atoms with van der Waals surface area (Å²) < 4.78 is 13.9. The molecule has 0 fully saturated rings. The molecule has 0 saturated heterocycles. The summed E-state index contributed by atoms with van der Waals surface area (Å²) in [5.41, 5.74) is 5.20. The molecule has 0 radical (unpaired) electrons. The predicted octanol–water partition coefficient (Wildman–Crippen LogP) is 5.95. The molecule has 0 bridgehead atoms. The first-order valence-corrected chi connectivity index (χ1v) is 10.8. The van der Waals surface area contributed by atoms with E-state index in [1.54, 1.807) is 24.4 Å². The minimum atomic E-state index is -0.0532. The molecule has 7 rings (SSSR count). The van der Waals surface area contributed by atoms with Gasteiger partial charge in [-0.05, 0) is 48.5 Å². The zero-order chi connectivity index (χ0) is 22.6. The van der Waals surface area contributed by atoms with Crippen LogP contribution in [0.2, 0.25) is 0 Å². The lowest BCUT2D eigenvalue weighted by Gasteiger charge is -2.08. The van der Waals surface area contributed by atoms with Gasteiger partial charge in [-0.15, -0.1) is 0 Å².